The summed E-state index contributed by atoms with van der Waals surface area (Å²) in [5, 5.41) is 0. The van der Waals surface area contributed by atoms with Gasteiger partial charge in [-0.05, 0) is 25.5 Å². The fraction of sp³-hybridized carbons (Fsp3) is 0.533. The Kier molecular flexibility index (Phi) is 4.02. The molecule has 1 aromatic rings. The predicted molar refractivity (Wildman–Crippen MR) is 69.4 cm³/mol. The average molecular weight is 248 g/mol. The van der Waals surface area contributed by atoms with Gasteiger partial charge in [0.2, 0.25) is 0 Å². The molecule has 18 heavy (non-hydrogen) atoms. The lowest BCUT2D eigenvalue weighted by molar-refractivity contribution is -0.00504. The van der Waals surface area contributed by atoms with Crippen molar-refractivity contribution in [1.29, 1.82) is 0 Å². The van der Waals surface area contributed by atoms with E-state index in [0.29, 0.717) is 5.56 Å². The molecule has 0 aliphatic carbocycles. The van der Waals surface area contributed by atoms with Crippen LogP contribution in [0.4, 0.5) is 0 Å². The fourth-order valence-electron chi connectivity index (χ4n) is 2.55. The van der Waals surface area contributed by atoms with Gasteiger partial charge in [-0.25, -0.2) is 4.79 Å². The SMILES string of the molecule is CC[C@@H]1OC(C)[C@@H](OC(=O)c2ccccc2)[C@H]1C. The topological polar surface area (TPSA) is 35.5 Å². The minimum absolute atomic E-state index is 0.0300. The Labute approximate surface area is 108 Å². The Morgan fingerprint density at radius 2 is 1.94 bits per heavy atom. The van der Waals surface area contributed by atoms with E-state index in [2.05, 4.69) is 13.8 Å². The third kappa shape index (κ3) is 2.56. The van der Waals surface area contributed by atoms with Crippen LogP contribution in [0.5, 0.6) is 0 Å². The lowest BCUT2D eigenvalue weighted by atomic mass is 9.97. The van der Waals surface area contributed by atoms with Crippen molar-refractivity contribution < 1.29 is 14.3 Å². The van der Waals surface area contributed by atoms with Gasteiger partial charge in [0, 0.05) is 5.92 Å². The number of esters is 1. The molecule has 2 rings (SSSR count). The quantitative estimate of drug-likeness (QED) is 0.771. The first-order valence-corrected chi connectivity index (χ1v) is 6.55. The number of rotatable bonds is 3. The monoisotopic (exact) mass is 248 g/mol. The molecule has 1 unspecified atom stereocenters. The van der Waals surface area contributed by atoms with Crippen molar-refractivity contribution in [3.05, 3.63) is 35.9 Å². The Hall–Kier alpha value is -1.35. The maximum atomic E-state index is 12.0. The molecule has 1 aliphatic rings. The summed E-state index contributed by atoms with van der Waals surface area (Å²) in [7, 11) is 0. The van der Waals surface area contributed by atoms with Crippen LogP contribution in [0, 0.1) is 5.92 Å². The molecule has 1 fully saturated rings. The Bertz CT molecular complexity index is 401. The van der Waals surface area contributed by atoms with Gasteiger partial charge in [-0.1, -0.05) is 32.0 Å². The van der Waals surface area contributed by atoms with Crippen molar-refractivity contribution in [2.45, 2.75) is 45.5 Å². The smallest absolute Gasteiger partial charge is 0.338 e. The van der Waals surface area contributed by atoms with E-state index >= 15 is 0 Å². The van der Waals surface area contributed by atoms with E-state index in [9.17, 15) is 4.79 Å². The number of ether oxygens (including phenoxy) is 2. The van der Waals surface area contributed by atoms with Crippen molar-refractivity contribution in [3.8, 4) is 0 Å². The number of benzene rings is 1. The highest BCUT2D eigenvalue weighted by Gasteiger charge is 2.41. The molecule has 0 aromatic heterocycles. The van der Waals surface area contributed by atoms with Crippen molar-refractivity contribution in [2.75, 3.05) is 0 Å². The highest BCUT2D eigenvalue weighted by molar-refractivity contribution is 5.89. The largest absolute Gasteiger partial charge is 0.456 e. The first kappa shape index (κ1) is 13.1. The van der Waals surface area contributed by atoms with Crippen LogP contribution in [0.3, 0.4) is 0 Å². The van der Waals surface area contributed by atoms with E-state index in [1.165, 1.54) is 0 Å². The molecule has 98 valence electrons. The van der Waals surface area contributed by atoms with Crippen LogP contribution in [-0.2, 0) is 9.47 Å². The zero-order valence-electron chi connectivity index (χ0n) is 11.1. The first-order valence-electron chi connectivity index (χ1n) is 6.55. The summed E-state index contributed by atoms with van der Waals surface area (Å²) in [4.78, 5) is 12.0. The molecule has 1 aromatic carbocycles. The fourth-order valence-corrected chi connectivity index (χ4v) is 2.55. The van der Waals surface area contributed by atoms with Gasteiger partial charge in [0.15, 0.2) is 0 Å². The molecule has 0 saturated carbocycles. The van der Waals surface area contributed by atoms with Crippen molar-refractivity contribution in [1.82, 2.24) is 0 Å². The van der Waals surface area contributed by atoms with E-state index in [0.717, 1.165) is 6.42 Å². The molecule has 1 aliphatic heterocycles. The van der Waals surface area contributed by atoms with E-state index in [4.69, 9.17) is 9.47 Å². The van der Waals surface area contributed by atoms with Gasteiger partial charge in [-0.15, -0.1) is 0 Å². The second kappa shape index (κ2) is 5.53. The second-order valence-electron chi connectivity index (χ2n) is 4.88. The van der Waals surface area contributed by atoms with Gasteiger partial charge in [-0.2, -0.15) is 0 Å². The molecular weight excluding hydrogens is 228 g/mol. The summed E-state index contributed by atoms with van der Waals surface area (Å²) in [6.45, 7) is 6.14. The summed E-state index contributed by atoms with van der Waals surface area (Å²) in [5.74, 6) is -0.0164. The highest BCUT2D eigenvalue weighted by atomic mass is 16.6. The minimum Gasteiger partial charge on any atom is -0.456 e. The molecule has 0 amide bonds. The van der Waals surface area contributed by atoms with Crippen LogP contribution in [0.25, 0.3) is 0 Å². The van der Waals surface area contributed by atoms with Crippen LogP contribution in [0.15, 0.2) is 30.3 Å². The number of hydrogen-bond donors (Lipinski definition) is 0. The van der Waals surface area contributed by atoms with Crippen LogP contribution < -0.4 is 0 Å². The third-order valence-corrected chi connectivity index (χ3v) is 3.61. The number of hydrogen-bond acceptors (Lipinski definition) is 3. The van der Waals surface area contributed by atoms with Gasteiger partial charge < -0.3 is 9.47 Å². The standard InChI is InChI=1S/C15H20O3/c1-4-13-10(2)14(11(3)17-13)18-15(16)12-8-6-5-7-9-12/h5-11,13-14H,4H2,1-3H3/t10-,11?,13-,14-/m0/s1. The third-order valence-electron chi connectivity index (χ3n) is 3.61. The minimum atomic E-state index is -0.264. The summed E-state index contributed by atoms with van der Waals surface area (Å²) in [6, 6.07) is 9.09. The molecule has 0 bridgehead atoms. The van der Waals surface area contributed by atoms with E-state index in [1.54, 1.807) is 12.1 Å². The maximum Gasteiger partial charge on any atom is 0.338 e. The lowest BCUT2D eigenvalue weighted by Crippen LogP contribution is -2.30. The molecule has 4 atom stereocenters. The molecule has 1 saturated heterocycles. The van der Waals surface area contributed by atoms with Gasteiger partial charge in [0.25, 0.3) is 0 Å². The van der Waals surface area contributed by atoms with Crippen molar-refractivity contribution >= 4 is 5.97 Å². The van der Waals surface area contributed by atoms with E-state index in [-0.39, 0.29) is 30.2 Å². The van der Waals surface area contributed by atoms with Gasteiger partial charge in [-0.3, -0.25) is 0 Å². The Morgan fingerprint density at radius 3 is 2.50 bits per heavy atom. The molecule has 0 N–H and O–H groups in total. The van der Waals surface area contributed by atoms with Crippen LogP contribution in [0.1, 0.15) is 37.6 Å². The number of carbonyl (C=O) groups is 1. The molecular formula is C15H20O3. The highest BCUT2D eigenvalue weighted by Crippen LogP contribution is 2.31. The van der Waals surface area contributed by atoms with Crippen LogP contribution in [0.2, 0.25) is 0 Å². The zero-order chi connectivity index (χ0) is 13.1. The lowest BCUT2D eigenvalue weighted by Gasteiger charge is -2.19. The summed E-state index contributed by atoms with van der Waals surface area (Å²) in [6.07, 6.45) is 0.957. The Morgan fingerprint density at radius 1 is 1.28 bits per heavy atom. The van der Waals surface area contributed by atoms with Gasteiger partial charge in [0.05, 0.1) is 17.8 Å². The molecule has 0 spiro atoms. The van der Waals surface area contributed by atoms with Gasteiger partial charge in [0.1, 0.15) is 6.10 Å². The van der Waals surface area contributed by atoms with Crippen molar-refractivity contribution in [3.63, 3.8) is 0 Å². The van der Waals surface area contributed by atoms with Crippen LogP contribution >= 0.6 is 0 Å². The van der Waals surface area contributed by atoms with E-state index in [1.807, 2.05) is 25.1 Å². The van der Waals surface area contributed by atoms with Crippen LogP contribution in [-0.4, -0.2) is 24.3 Å². The summed E-state index contributed by atoms with van der Waals surface area (Å²) < 4.78 is 11.4. The molecule has 3 nitrogen and oxygen atoms in total. The molecule has 0 radical (unpaired) electrons. The maximum absolute atomic E-state index is 12.0. The Balaban J connectivity index is 2.04. The predicted octanol–water partition coefficient (Wildman–Crippen LogP) is 3.05. The second-order valence-corrected chi connectivity index (χ2v) is 4.88. The first-order chi connectivity index (χ1) is 8.63. The average Bonchev–Trinajstić information content (AvgIpc) is 2.67. The normalized spacial score (nSPS) is 31.3. The zero-order valence-corrected chi connectivity index (χ0v) is 11.1. The molecule has 3 heteroatoms. The van der Waals surface area contributed by atoms with Crippen molar-refractivity contribution in [2.24, 2.45) is 5.92 Å². The summed E-state index contributed by atoms with van der Waals surface area (Å²) >= 11 is 0. The number of carbonyl (C=O) groups excluding carboxylic acids is 1. The van der Waals surface area contributed by atoms with E-state index < -0.39 is 0 Å². The van der Waals surface area contributed by atoms with Gasteiger partial charge >= 0.3 is 5.97 Å². The molecule has 1 heterocycles. The summed E-state index contributed by atoms with van der Waals surface area (Å²) in [5.41, 5.74) is 0.594.